The summed E-state index contributed by atoms with van der Waals surface area (Å²) in [7, 11) is -3.35. The van der Waals surface area contributed by atoms with Crippen LogP contribution in [0.25, 0.3) is 0 Å². The zero-order chi connectivity index (χ0) is 17.5. The summed E-state index contributed by atoms with van der Waals surface area (Å²) >= 11 is 0. The molecule has 2 saturated heterocycles. The summed E-state index contributed by atoms with van der Waals surface area (Å²) in [5, 5.41) is 9.79. The van der Waals surface area contributed by atoms with Gasteiger partial charge in [0, 0.05) is 38.6 Å². The lowest BCUT2D eigenvalue weighted by atomic mass is 9.81. The zero-order valence-electron chi connectivity index (χ0n) is 14.1. The van der Waals surface area contributed by atoms with E-state index in [1.165, 1.54) is 15.4 Å². The van der Waals surface area contributed by atoms with E-state index in [1.807, 2.05) is 12.1 Å². The lowest BCUT2D eigenvalue weighted by molar-refractivity contribution is -0.148. The van der Waals surface area contributed by atoms with Gasteiger partial charge in [0.1, 0.15) is 0 Å². The van der Waals surface area contributed by atoms with Gasteiger partial charge in [0.05, 0.1) is 11.7 Å². The lowest BCUT2D eigenvalue weighted by Gasteiger charge is -2.25. The fraction of sp³-hybridized carbons (Fsp3) is 0.588. The summed E-state index contributed by atoms with van der Waals surface area (Å²) in [4.78, 5) is 14.1. The summed E-state index contributed by atoms with van der Waals surface area (Å²) < 4.78 is 24.9. The van der Waals surface area contributed by atoms with Gasteiger partial charge in [0.2, 0.25) is 10.0 Å². The van der Waals surface area contributed by atoms with Crippen LogP contribution in [0.4, 0.5) is 0 Å². The molecule has 0 aliphatic carbocycles. The van der Waals surface area contributed by atoms with E-state index in [-0.39, 0.29) is 12.5 Å². The smallest absolute Gasteiger partial charge is 0.312 e. The molecule has 3 rings (SSSR count). The molecule has 24 heavy (non-hydrogen) atoms. The predicted octanol–water partition coefficient (Wildman–Crippen LogP) is 1.03. The third-order valence-corrected chi connectivity index (χ3v) is 6.65. The lowest BCUT2D eigenvalue weighted by Crippen LogP contribution is -2.41. The van der Waals surface area contributed by atoms with Gasteiger partial charge in [-0.25, -0.2) is 12.7 Å². The summed E-state index contributed by atoms with van der Waals surface area (Å²) in [5.74, 6) is -1.04. The molecule has 132 valence electrons. The van der Waals surface area contributed by atoms with Crippen LogP contribution in [0.3, 0.4) is 0 Å². The fourth-order valence-electron chi connectivity index (χ4n) is 4.10. The summed E-state index contributed by atoms with van der Waals surface area (Å²) in [6.45, 7) is 4.23. The number of likely N-dealkylation sites (tertiary alicyclic amines) is 1. The van der Waals surface area contributed by atoms with Crippen LogP contribution >= 0.6 is 0 Å². The third kappa shape index (κ3) is 2.96. The summed E-state index contributed by atoms with van der Waals surface area (Å²) in [6.07, 6.45) is 2.10. The van der Waals surface area contributed by atoms with Gasteiger partial charge in [0.25, 0.3) is 0 Å². The molecule has 2 aliphatic heterocycles. The van der Waals surface area contributed by atoms with E-state index >= 15 is 0 Å². The van der Waals surface area contributed by atoms with E-state index < -0.39 is 21.4 Å². The van der Waals surface area contributed by atoms with Crippen LogP contribution in [0.15, 0.2) is 24.3 Å². The highest BCUT2D eigenvalue weighted by Gasteiger charge is 2.59. The summed E-state index contributed by atoms with van der Waals surface area (Å²) in [6, 6.07) is 8.21. The van der Waals surface area contributed by atoms with Gasteiger partial charge in [0.15, 0.2) is 0 Å². The average Bonchev–Trinajstić information content (AvgIpc) is 3.02. The van der Waals surface area contributed by atoms with Crippen LogP contribution in [0, 0.1) is 11.3 Å². The van der Waals surface area contributed by atoms with Gasteiger partial charge in [-0.15, -0.1) is 0 Å². The number of hydrogen-bond donors (Lipinski definition) is 1. The molecule has 0 amide bonds. The number of fused-ring (bicyclic) bond motifs is 1. The van der Waals surface area contributed by atoms with Crippen molar-refractivity contribution in [1.29, 1.82) is 0 Å². The molecule has 6 nitrogen and oxygen atoms in total. The Balaban J connectivity index is 1.80. The third-order valence-electron chi connectivity index (χ3n) is 5.44. The molecule has 0 saturated carbocycles. The Kier molecular flexibility index (Phi) is 4.44. The van der Waals surface area contributed by atoms with Crippen molar-refractivity contribution >= 4 is 16.0 Å². The van der Waals surface area contributed by atoms with E-state index in [2.05, 4.69) is 24.0 Å². The number of hydrogen-bond acceptors (Lipinski definition) is 4. The van der Waals surface area contributed by atoms with E-state index in [1.54, 1.807) is 0 Å². The fourth-order valence-corrected chi connectivity index (χ4v) is 5.01. The topological polar surface area (TPSA) is 77.9 Å². The monoisotopic (exact) mass is 352 g/mol. The SMILES string of the molecule is CCc1ccccc1CN1C[C@@H]2CN(S(C)(=O)=O)C[C@]2(C(=O)O)C1. The number of rotatable bonds is 5. The van der Waals surface area contributed by atoms with Crippen molar-refractivity contribution < 1.29 is 18.3 Å². The van der Waals surface area contributed by atoms with Crippen LogP contribution in [0.5, 0.6) is 0 Å². The van der Waals surface area contributed by atoms with Crippen molar-refractivity contribution in [3.63, 3.8) is 0 Å². The Labute approximate surface area is 143 Å². The predicted molar refractivity (Wildman–Crippen MR) is 91.1 cm³/mol. The van der Waals surface area contributed by atoms with E-state index in [0.29, 0.717) is 26.2 Å². The molecule has 0 radical (unpaired) electrons. The first kappa shape index (κ1) is 17.4. The van der Waals surface area contributed by atoms with E-state index in [4.69, 9.17) is 0 Å². The molecule has 0 spiro atoms. The van der Waals surface area contributed by atoms with Crippen LogP contribution in [-0.4, -0.2) is 61.1 Å². The molecule has 2 heterocycles. The molecule has 2 fully saturated rings. The molecule has 7 heteroatoms. The van der Waals surface area contributed by atoms with Crippen LogP contribution in [0.1, 0.15) is 18.1 Å². The first-order valence-corrected chi connectivity index (χ1v) is 10.1. The van der Waals surface area contributed by atoms with Crippen LogP contribution < -0.4 is 0 Å². The molecule has 1 aromatic carbocycles. The maximum absolute atomic E-state index is 12.0. The Morgan fingerprint density at radius 1 is 1.25 bits per heavy atom. The molecular formula is C17H24N2O4S. The number of nitrogens with zero attached hydrogens (tertiary/aromatic N) is 2. The van der Waals surface area contributed by atoms with Crippen LogP contribution in [-0.2, 0) is 27.8 Å². The largest absolute Gasteiger partial charge is 0.481 e. The average molecular weight is 352 g/mol. The van der Waals surface area contributed by atoms with E-state index in [0.717, 1.165) is 12.7 Å². The molecular weight excluding hydrogens is 328 g/mol. The maximum Gasteiger partial charge on any atom is 0.312 e. The van der Waals surface area contributed by atoms with Crippen molar-refractivity contribution in [1.82, 2.24) is 9.21 Å². The minimum absolute atomic E-state index is 0.0811. The number of carboxylic acids is 1. The second kappa shape index (κ2) is 6.13. The summed E-state index contributed by atoms with van der Waals surface area (Å²) in [5.41, 5.74) is 1.52. The van der Waals surface area contributed by atoms with Gasteiger partial charge in [-0.05, 0) is 17.5 Å². The molecule has 2 atom stereocenters. The maximum atomic E-state index is 12.0. The van der Waals surface area contributed by atoms with Crippen molar-refractivity contribution in [3.8, 4) is 0 Å². The molecule has 1 N–H and O–H groups in total. The number of aryl methyl sites for hydroxylation is 1. The first-order chi connectivity index (χ1) is 11.3. The van der Waals surface area contributed by atoms with Crippen molar-refractivity contribution in [2.24, 2.45) is 11.3 Å². The molecule has 2 aliphatic rings. The Morgan fingerprint density at radius 3 is 2.46 bits per heavy atom. The normalized spacial score (nSPS) is 28.2. The molecule has 0 bridgehead atoms. The number of carboxylic acid groups (broad SMARTS) is 1. The highest BCUT2D eigenvalue weighted by molar-refractivity contribution is 7.88. The Hall–Kier alpha value is -1.44. The zero-order valence-corrected chi connectivity index (χ0v) is 14.9. The quantitative estimate of drug-likeness (QED) is 0.856. The van der Waals surface area contributed by atoms with Crippen molar-refractivity contribution in [2.45, 2.75) is 19.9 Å². The number of aliphatic carboxylic acids is 1. The van der Waals surface area contributed by atoms with Gasteiger partial charge in [-0.3, -0.25) is 9.69 Å². The number of sulfonamides is 1. The standard InChI is InChI=1S/C17H24N2O4S/c1-3-13-6-4-5-7-14(13)8-18-9-15-10-19(24(2,22)23)12-17(15,11-18)16(20)21/h4-7,15H,3,8-12H2,1-2H3,(H,20,21)/t15-,17-/m1/s1. The van der Waals surface area contributed by atoms with Crippen molar-refractivity contribution in [2.75, 3.05) is 32.4 Å². The molecule has 0 unspecified atom stereocenters. The van der Waals surface area contributed by atoms with Gasteiger partial charge < -0.3 is 5.11 Å². The first-order valence-electron chi connectivity index (χ1n) is 8.24. The van der Waals surface area contributed by atoms with Gasteiger partial charge >= 0.3 is 5.97 Å². The van der Waals surface area contributed by atoms with Crippen LogP contribution in [0.2, 0.25) is 0 Å². The van der Waals surface area contributed by atoms with Crippen molar-refractivity contribution in [3.05, 3.63) is 35.4 Å². The second-order valence-electron chi connectivity index (χ2n) is 7.01. The highest BCUT2D eigenvalue weighted by atomic mass is 32.2. The second-order valence-corrected chi connectivity index (χ2v) is 8.99. The Bertz CT molecular complexity index is 749. The number of carbonyl (C=O) groups is 1. The van der Waals surface area contributed by atoms with Gasteiger partial charge in [-0.1, -0.05) is 31.2 Å². The Morgan fingerprint density at radius 2 is 1.92 bits per heavy atom. The van der Waals surface area contributed by atoms with E-state index in [9.17, 15) is 18.3 Å². The molecule has 1 aromatic rings. The molecule has 0 aromatic heterocycles. The highest BCUT2D eigenvalue weighted by Crippen LogP contribution is 2.44. The van der Waals surface area contributed by atoms with Gasteiger partial charge in [-0.2, -0.15) is 0 Å². The number of benzene rings is 1. The minimum atomic E-state index is -3.35. The minimum Gasteiger partial charge on any atom is -0.481 e.